The van der Waals surface area contributed by atoms with Crippen molar-refractivity contribution in [2.45, 2.75) is 91.9 Å². The van der Waals surface area contributed by atoms with Crippen molar-refractivity contribution in [3.8, 4) is 11.1 Å². The Kier molecular flexibility index (Phi) is 11.4. The topological polar surface area (TPSA) is 143 Å². The van der Waals surface area contributed by atoms with Gasteiger partial charge in [0.25, 0.3) is 0 Å². The Morgan fingerprint density at radius 3 is 2.41 bits per heavy atom. The first-order valence-electron chi connectivity index (χ1n) is 18.8. The number of fused-ring (bicyclic) bond motifs is 2. The molecular formula is C41H47F3N8O4. The number of rotatable bonds is 4. The zero-order valence-electron chi connectivity index (χ0n) is 32.5. The summed E-state index contributed by atoms with van der Waals surface area (Å²) in [7, 11) is 1.70. The second-order valence-corrected chi connectivity index (χ2v) is 15.6. The van der Waals surface area contributed by atoms with E-state index in [-0.39, 0.29) is 55.2 Å². The van der Waals surface area contributed by atoms with Gasteiger partial charge in [-0.2, -0.15) is 18.3 Å². The summed E-state index contributed by atoms with van der Waals surface area (Å²) in [5.74, 6) is -1.44. The van der Waals surface area contributed by atoms with E-state index in [2.05, 4.69) is 37.5 Å². The average Bonchev–Trinajstić information content (AvgIpc) is 3.69. The Bertz CT molecular complexity index is 2200. The molecule has 15 heteroatoms. The van der Waals surface area contributed by atoms with Crippen molar-refractivity contribution in [2.24, 2.45) is 11.3 Å². The molecule has 2 bridgehead atoms. The molecule has 56 heavy (non-hydrogen) atoms. The lowest BCUT2D eigenvalue weighted by atomic mass is 9.86. The number of nitrogens with zero attached hydrogens (tertiary/aromatic N) is 7. The molecule has 0 radical (unpaired) electrons. The van der Waals surface area contributed by atoms with Gasteiger partial charge in [-0.15, -0.1) is 0 Å². The third-order valence-corrected chi connectivity index (χ3v) is 10.7. The van der Waals surface area contributed by atoms with Crippen molar-refractivity contribution in [3.05, 3.63) is 77.2 Å². The van der Waals surface area contributed by atoms with Crippen LogP contribution in [0.1, 0.15) is 86.0 Å². The lowest BCUT2D eigenvalue weighted by Crippen LogP contribution is -2.45. The maximum atomic E-state index is 14.5. The number of pyridine rings is 1. The lowest BCUT2D eigenvalue weighted by molar-refractivity contribution is -0.141. The van der Waals surface area contributed by atoms with Crippen LogP contribution < -0.4 is 5.32 Å². The maximum Gasteiger partial charge on any atom is 0.433 e. The number of carbonyl (C=O) groups excluding carboxylic acids is 4. The number of Topliss-reactive ketones (excluding diaryl/α,β-unsaturated/α-hetero) is 1. The minimum absolute atomic E-state index is 0.0620. The molecule has 0 aliphatic carbocycles. The third-order valence-electron chi connectivity index (χ3n) is 10.7. The molecule has 3 atom stereocenters. The van der Waals surface area contributed by atoms with Crippen molar-refractivity contribution in [1.82, 2.24) is 34.5 Å². The van der Waals surface area contributed by atoms with E-state index in [1.807, 2.05) is 26.0 Å². The van der Waals surface area contributed by atoms with Crippen LogP contribution in [-0.4, -0.2) is 84.2 Å². The molecule has 2 aliphatic rings. The number of halogens is 3. The van der Waals surface area contributed by atoms with Crippen LogP contribution in [0.2, 0.25) is 0 Å². The molecule has 0 unspecified atom stereocenters. The predicted molar refractivity (Wildman–Crippen MR) is 204 cm³/mol. The molecule has 296 valence electrons. The van der Waals surface area contributed by atoms with Crippen LogP contribution in [-0.2, 0) is 33.5 Å². The predicted octanol–water partition coefficient (Wildman–Crippen LogP) is 6.74. The van der Waals surface area contributed by atoms with E-state index in [9.17, 15) is 32.3 Å². The van der Waals surface area contributed by atoms with Gasteiger partial charge in [0.05, 0.1) is 5.52 Å². The molecule has 1 aromatic carbocycles. The number of allylic oxidation sites excluding steroid dienone is 2. The fourth-order valence-corrected chi connectivity index (χ4v) is 7.83. The largest absolute Gasteiger partial charge is 0.433 e. The summed E-state index contributed by atoms with van der Waals surface area (Å²) in [5.41, 5.74) is 1.62. The van der Waals surface area contributed by atoms with Gasteiger partial charge in [0.1, 0.15) is 35.6 Å². The zero-order chi connectivity index (χ0) is 40.5. The van der Waals surface area contributed by atoms with E-state index in [0.29, 0.717) is 41.6 Å². The quantitative estimate of drug-likeness (QED) is 0.178. The highest BCUT2D eigenvalue weighted by atomic mass is 19.4. The molecule has 3 aromatic heterocycles. The first kappa shape index (κ1) is 40.2. The van der Waals surface area contributed by atoms with Crippen LogP contribution >= 0.6 is 0 Å². The number of carbonyl (C=O) groups is 4. The van der Waals surface area contributed by atoms with E-state index in [1.165, 1.54) is 29.5 Å². The Labute approximate surface area is 323 Å². The molecular weight excluding hydrogens is 725 g/mol. The van der Waals surface area contributed by atoms with Gasteiger partial charge in [0, 0.05) is 61.7 Å². The summed E-state index contributed by atoms with van der Waals surface area (Å²) in [4.78, 5) is 70.7. The number of alkyl halides is 3. The number of hydrogen-bond acceptors (Lipinski definition) is 8. The number of benzene rings is 1. The second kappa shape index (κ2) is 15.9. The van der Waals surface area contributed by atoms with Crippen LogP contribution in [0.25, 0.3) is 22.0 Å². The second-order valence-electron chi connectivity index (χ2n) is 15.6. The highest BCUT2D eigenvalue weighted by Gasteiger charge is 2.47. The first-order chi connectivity index (χ1) is 26.4. The third kappa shape index (κ3) is 8.66. The molecule has 12 nitrogen and oxygen atoms in total. The van der Waals surface area contributed by atoms with Crippen LogP contribution in [0.15, 0.2) is 48.8 Å². The number of hydrogen-bond donors (Lipinski definition) is 1. The summed E-state index contributed by atoms with van der Waals surface area (Å²) in [6.07, 6.45) is 6.50. The highest BCUT2D eigenvalue weighted by Crippen LogP contribution is 2.38. The van der Waals surface area contributed by atoms with Gasteiger partial charge in [-0.05, 0) is 87.3 Å². The standard InChI is InChI=1S/C41H47F3N8O4/c1-24-14-15-33(41(42,43)44)47-37(24)48-38(55)32-18-40(5)22-50(6)39(56)25(2)12-10-8-7-9-11-13-28-16-29(30-19-45-27(4)46-20-30)17-31-35(26(3)53)49-52(36(28)31)21-34(54)51(32)23-40/h7-8,14-17,19-20,25,32H,9-13,18,21-23H2,1-6H3,(H,47,48,55)/b8-7+/t25-,32-,40-/m0/s1. The Hall–Kier alpha value is -5.47. The van der Waals surface area contributed by atoms with Crippen molar-refractivity contribution in [2.75, 3.05) is 25.5 Å². The van der Waals surface area contributed by atoms with Gasteiger partial charge >= 0.3 is 6.18 Å². The summed E-state index contributed by atoms with van der Waals surface area (Å²) in [6, 6.07) is 4.83. The van der Waals surface area contributed by atoms with Crippen molar-refractivity contribution >= 4 is 40.2 Å². The van der Waals surface area contributed by atoms with E-state index < -0.39 is 35.1 Å². The Morgan fingerprint density at radius 2 is 1.71 bits per heavy atom. The van der Waals surface area contributed by atoms with Gasteiger partial charge in [-0.25, -0.2) is 15.0 Å². The van der Waals surface area contributed by atoms with Gasteiger partial charge in [0.15, 0.2) is 5.78 Å². The normalized spacial score (nSPS) is 22.1. The molecule has 0 spiro atoms. The van der Waals surface area contributed by atoms with Crippen molar-refractivity contribution in [1.29, 1.82) is 0 Å². The minimum Gasteiger partial charge on any atom is -0.345 e. The van der Waals surface area contributed by atoms with Crippen LogP contribution in [0.3, 0.4) is 0 Å². The monoisotopic (exact) mass is 772 g/mol. The van der Waals surface area contributed by atoms with Gasteiger partial charge in [-0.1, -0.05) is 32.1 Å². The highest BCUT2D eigenvalue weighted by molar-refractivity contribution is 6.07. The Morgan fingerprint density at radius 1 is 1.00 bits per heavy atom. The smallest absolute Gasteiger partial charge is 0.345 e. The summed E-state index contributed by atoms with van der Waals surface area (Å²) < 4.78 is 42.3. The number of aromatic nitrogens is 5. The SMILES string of the molecule is CC(=O)c1nn2c3c(cc(-c4cnc(C)nc4)cc13)CCC/C=C/CC[C@H](C)C(=O)N(C)C[C@]1(C)C[C@@H](C(=O)Nc3nc(C(F)(F)F)ccc3C)N(C1)C(=O)C2. The summed E-state index contributed by atoms with van der Waals surface area (Å²) >= 11 is 0. The Balaban J connectivity index is 1.43. The molecule has 0 saturated carbocycles. The molecule has 1 fully saturated rings. The molecule has 5 heterocycles. The molecule has 4 aromatic rings. The van der Waals surface area contributed by atoms with Crippen LogP contribution in [0.4, 0.5) is 19.0 Å². The molecule has 1 N–H and O–H groups in total. The number of ketones is 1. The van der Waals surface area contributed by atoms with E-state index >= 15 is 0 Å². The van der Waals surface area contributed by atoms with E-state index in [1.54, 1.807) is 31.3 Å². The van der Waals surface area contributed by atoms with Gasteiger partial charge in [-0.3, -0.25) is 23.9 Å². The molecule has 2 aliphatic heterocycles. The summed E-state index contributed by atoms with van der Waals surface area (Å²) in [6.45, 7) is 8.51. The van der Waals surface area contributed by atoms with Gasteiger partial charge < -0.3 is 15.1 Å². The molecule has 1 saturated heterocycles. The minimum atomic E-state index is -4.73. The van der Waals surface area contributed by atoms with Crippen molar-refractivity contribution in [3.63, 3.8) is 0 Å². The fraction of sp³-hybridized carbons (Fsp3) is 0.463. The molecule has 6 rings (SSSR count). The lowest BCUT2D eigenvalue weighted by Gasteiger charge is -2.31. The van der Waals surface area contributed by atoms with Crippen LogP contribution in [0, 0.1) is 25.2 Å². The number of amides is 3. The molecule has 3 amide bonds. The summed E-state index contributed by atoms with van der Waals surface area (Å²) in [5, 5.41) is 7.81. The van der Waals surface area contributed by atoms with Crippen molar-refractivity contribution < 1.29 is 32.3 Å². The number of nitrogens with one attached hydrogen (secondary N) is 1. The zero-order valence-corrected chi connectivity index (χ0v) is 32.5. The average molecular weight is 773 g/mol. The van der Waals surface area contributed by atoms with E-state index in [0.717, 1.165) is 35.6 Å². The van der Waals surface area contributed by atoms with Gasteiger partial charge in [0.2, 0.25) is 17.7 Å². The maximum absolute atomic E-state index is 14.5. The van der Waals surface area contributed by atoms with Crippen LogP contribution in [0.5, 0.6) is 0 Å². The number of aryl methyl sites for hydroxylation is 3. The van der Waals surface area contributed by atoms with E-state index in [4.69, 9.17) is 0 Å². The fourth-order valence-electron chi connectivity index (χ4n) is 7.83. The first-order valence-corrected chi connectivity index (χ1v) is 18.8. The number of anilines is 1.